The first-order valence-corrected chi connectivity index (χ1v) is 5.47. The zero-order valence-corrected chi connectivity index (χ0v) is 10.0. The van der Waals surface area contributed by atoms with Crippen LogP contribution >= 0.6 is 15.9 Å². The highest BCUT2D eigenvalue weighted by Gasteiger charge is 2.15. The normalized spacial score (nSPS) is 10.3. The SMILES string of the molecule is O=C(c1cncc(F)c1)c1cc(Br)ccc1F. The second kappa shape index (κ2) is 4.71. The summed E-state index contributed by atoms with van der Waals surface area (Å²) in [5.74, 6) is -1.88. The van der Waals surface area contributed by atoms with E-state index in [1.165, 1.54) is 24.4 Å². The number of carbonyl (C=O) groups is 1. The molecule has 0 unspecified atom stereocenters. The van der Waals surface area contributed by atoms with Gasteiger partial charge in [0.25, 0.3) is 0 Å². The Morgan fingerprint density at radius 1 is 1.18 bits per heavy atom. The minimum atomic E-state index is -0.650. The molecule has 1 aromatic carbocycles. The number of ketones is 1. The monoisotopic (exact) mass is 297 g/mol. The largest absolute Gasteiger partial charge is 0.288 e. The summed E-state index contributed by atoms with van der Waals surface area (Å²) in [6, 6.07) is 5.03. The topological polar surface area (TPSA) is 30.0 Å². The van der Waals surface area contributed by atoms with E-state index in [4.69, 9.17) is 0 Å². The van der Waals surface area contributed by atoms with Gasteiger partial charge in [-0.2, -0.15) is 0 Å². The predicted octanol–water partition coefficient (Wildman–Crippen LogP) is 3.35. The molecule has 1 aromatic heterocycles. The van der Waals surface area contributed by atoms with Gasteiger partial charge in [0.15, 0.2) is 5.78 Å². The minimum absolute atomic E-state index is 0.0157. The summed E-state index contributed by atoms with van der Waals surface area (Å²) in [4.78, 5) is 15.5. The number of hydrogen-bond acceptors (Lipinski definition) is 2. The van der Waals surface area contributed by atoms with Gasteiger partial charge in [0.1, 0.15) is 11.6 Å². The van der Waals surface area contributed by atoms with E-state index >= 15 is 0 Å². The summed E-state index contributed by atoms with van der Waals surface area (Å²) in [6.07, 6.45) is 2.18. The summed E-state index contributed by atoms with van der Waals surface area (Å²) in [5.41, 5.74) is -0.103. The Balaban J connectivity index is 2.47. The molecule has 2 rings (SSSR count). The molecule has 0 aliphatic carbocycles. The maximum Gasteiger partial charge on any atom is 0.197 e. The fraction of sp³-hybridized carbons (Fsp3) is 0. The number of pyridine rings is 1. The highest BCUT2D eigenvalue weighted by Crippen LogP contribution is 2.18. The van der Waals surface area contributed by atoms with Crippen molar-refractivity contribution >= 4 is 21.7 Å². The fourth-order valence-electron chi connectivity index (χ4n) is 1.36. The molecule has 0 fully saturated rings. The van der Waals surface area contributed by atoms with E-state index in [-0.39, 0.29) is 11.1 Å². The van der Waals surface area contributed by atoms with Crippen LogP contribution in [0.2, 0.25) is 0 Å². The van der Waals surface area contributed by atoms with Crippen LogP contribution in [0.15, 0.2) is 41.1 Å². The minimum Gasteiger partial charge on any atom is -0.288 e. The van der Waals surface area contributed by atoms with E-state index in [1.807, 2.05) is 0 Å². The van der Waals surface area contributed by atoms with E-state index in [2.05, 4.69) is 20.9 Å². The van der Waals surface area contributed by atoms with Gasteiger partial charge in [0.2, 0.25) is 0 Å². The second-order valence-electron chi connectivity index (χ2n) is 3.35. The lowest BCUT2D eigenvalue weighted by atomic mass is 10.0. The van der Waals surface area contributed by atoms with Gasteiger partial charge < -0.3 is 0 Å². The van der Waals surface area contributed by atoms with Crippen molar-refractivity contribution in [3.05, 3.63) is 63.9 Å². The van der Waals surface area contributed by atoms with Crippen molar-refractivity contribution in [3.63, 3.8) is 0 Å². The molecule has 17 heavy (non-hydrogen) atoms. The number of aromatic nitrogens is 1. The lowest BCUT2D eigenvalue weighted by Gasteiger charge is -2.03. The lowest BCUT2D eigenvalue weighted by molar-refractivity contribution is 0.103. The Hall–Kier alpha value is -1.62. The van der Waals surface area contributed by atoms with E-state index in [0.29, 0.717) is 4.47 Å². The summed E-state index contributed by atoms with van der Waals surface area (Å²) in [7, 11) is 0. The van der Waals surface area contributed by atoms with Crippen LogP contribution in [0.25, 0.3) is 0 Å². The number of hydrogen-bond donors (Lipinski definition) is 0. The molecule has 0 saturated heterocycles. The standard InChI is InChI=1S/C12H6BrF2NO/c13-8-1-2-11(15)10(4-8)12(17)7-3-9(14)6-16-5-7/h1-6H. The number of benzene rings is 1. The predicted molar refractivity (Wildman–Crippen MR) is 61.7 cm³/mol. The van der Waals surface area contributed by atoms with Gasteiger partial charge in [0, 0.05) is 16.2 Å². The van der Waals surface area contributed by atoms with Gasteiger partial charge in [-0.25, -0.2) is 8.78 Å². The van der Waals surface area contributed by atoms with Crippen LogP contribution in [-0.2, 0) is 0 Å². The van der Waals surface area contributed by atoms with Crippen molar-refractivity contribution in [2.24, 2.45) is 0 Å². The van der Waals surface area contributed by atoms with Gasteiger partial charge in [-0.05, 0) is 24.3 Å². The van der Waals surface area contributed by atoms with Crippen molar-refractivity contribution in [2.75, 3.05) is 0 Å². The molecule has 0 amide bonds. The number of halogens is 3. The number of nitrogens with zero attached hydrogens (tertiary/aromatic N) is 1. The van der Waals surface area contributed by atoms with Gasteiger partial charge in [-0.1, -0.05) is 15.9 Å². The van der Waals surface area contributed by atoms with Crippen molar-refractivity contribution in [2.45, 2.75) is 0 Å². The zero-order chi connectivity index (χ0) is 12.4. The first kappa shape index (κ1) is 11.9. The summed E-state index contributed by atoms with van der Waals surface area (Å²) < 4.78 is 26.9. The molecule has 0 spiro atoms. The molecule has 5 heteroatoms. The van der Waals surface area contributed by atoms with Crippen molar-refractivity contribution < 1.29 is 13.6 Å². The molecule has 0 radical (unpaired) electrons. The number of carbonyl (C=O) groups excluding carboxylic acids is 1. The summed E-state index contributed by atoms with van der Waals surface area (Å²) >= 11 is 3.14. The van der Waals surface area contributed by atoms with Crippen LogP contribution < -0.4 is 0 Å². The third kappa shape index (κ3) is 2.55. The molecule has 0 atom stereocenters. The first-order chi connectivity index (χ1) is 8.08. The zero-order valence-electron chi connectivity index (χ0n) is 8.45. The molecule has 2 nitrogen and oxygen atoms in total. The first-order valence-electron chi connectivity index (χ1n) is 4.68. The lowest BCUT2D eigenvalue weighted by Crippen LogP contribution is -2.05. The molecule has 0 saturated carbocycles. The number of rotatable bonds is 2. The van der Waals surface area contributed by atoms with Gasteiger partial charge in [0.05, 0.1) is 11.8 Å². The average molecular weight is 298 g/mol. The van der Waals surface area contributed by atoms with Crippen LogP contribution in [0.3, 0.4) is 0 Å². The Morgan fingerprint density at radius 3 is 2.65 bits per heavy atom. The highest BCUT2D eigenvalue weighted by atomic mass is 79.9. The Bertz CT molecular complexity index is 586. The third-order valence-corrected chi connectivity index (χ3v) is 2.63. The molecule has 0 bridgehead atoms. The van der Waals surface area contributed by atoms with Crippen LogP contribution in [0, 0.1) is 11.6 Å². The molecule has 2 aromatic rings. The molecule has 0 aliphatic heterocycles. The summed E-state index contributed by atoms with van der Waals surface area (Å²) in [5, 5.41) is 0. The third-order valence-electron chi connectivity index (χ3n) is 2.14. The van der Waals surface area contributed by atoms with Gasteiger partial charge in [-0.15, -0.1) is 0 Å². The van der Waals surface area contributed by atoms with E-state index in [9.17, 15) is 13.6 Å². The van der Waals surface area contributed by atoms with E-state index < -0.39 is 17.4 Å². The van der Waals surface area contributed by atoms with Gasteiger partial charge >= 0.3 is 0 Å². The maximum absolute atomic E-state index is 13.5. The molecular weight excluding hydrogens is 292 g/mol. The fourth-order valence-corrected chi connectivity index (χ4v) is 1.72. The van der Waals surface area contributed by atoms with E-state index in [1.54, 1.807) is 0 Å². The average Bonchev–Trinajstić information content (AvgIpc) is 2.31. The van der Waals surface area contributed by atoms with Crippen molar-refractivity contribution in [3.8, 4) is 0 Å². The second-order valence-corrected chi connectivity index (χ2v) is 4.26. The molecule has 86 valence electrons. The van der Waals surface area contributed by atoms with Crippen LogP contribution in [0.1, 0.15) is 15.9 Å². The van der Waals surface area contributed by atoms with Crippen LogP contribution in [-0.4, -0.2) is 10.8 Å². The van der Waals surface area contributed by atoms with Gasteiger partial charge in [-0.3, -0.25) is 9.78 Å². The summed E-state index contributed by atoms with van der Waals surface area (Å²) in [6.45, 7) is 0. The maximum atomic E-state index is 13.5. The van der Waals surface area contributed by atoms with Crippen LogP contribution in [0.4, 0.5) is 8.78 Å². The Kier molecular flexibility index (Phi) is 3.28. The smallest absolute Gasteiger partial charge is 0.197 e. The molecular formula is C12H6BrF2NO. The molecule has 0 aliphatic rings. The Labute approximate surface area is 104 Å². The molecule has 0 N–H and O–H groups in total. The van der Waals surface area contributed by atoms with E-state index in [0.717, 1.165) is 12.3 Å². The van der Waals surface area contributed by atoms with Crippen LogP contribution in [0.5, 0.6) is 0 Å². The van der Waals surface area contributed by atoms with Crippen molar-refractivity contribution in [1.29, 1.82) is 0 Å². The Morgan fingerprint density at radius 2 is 1.94 bits per heavy atom. The quantitative estimate of drug-likeness (QED) is 0.796. The molecule has 1 heterocycles. The highest BCUT2D eigenvalue weighted by molar-refractivity contribution is 9.10. The van der Waals surface area contributed by atoms with Crippen molar-refractivity contribution in [1.82, 2.24) is 4.98 Å².